The van der Waals surface area contributed by atoms with Crippen molar-refractivity contribution >= 4 is 74.3 Å². The predicted molar refractivity (Wildman–Crippen MR) is 139 cm³/mol. The highest BCUT2D eigenvalue weighted by Gasteiger charge is 2.20. The summed E-state index contributed by atoms with van der Waals surface area (Å²) in [6.45, 7) is 0. The molecule has 0 saturated carbocycles. The Balaban J connectivity index is 0.000000173. The lowest BCUT2D eigenvalue weighted by atomic mass is 10.4. The van der Waals surface area contributed by atoms with Gasteiger partial charge in [0.2, 0.25) is 3.12 Å². The molecule has 31 heavy (non-hydrogen) atoms. The first-order valence-corrected chi connectivity index (χ1v) is 12.5. The van der Waals surface area contributed by atoms with Crippen molar-refractivity contribution in [3.63, 3.8) is 0 Å². The second kappa shape index (κ2) is 14.8. The molecule has 0 fully saturated rings. The van der Waals surface area contributed by atoms with Crippen molar-refractivity contribution < 1.29 is 0 Å². The molecule has 160 valence electrons. The molecule has 4 rings (SSSR count). The summed E-state index contributed by atoms with van der Waals surface area (Å²) in [6, 6.07) is 31.4. The number of nitrogens with zero attached hydrogens (tertiary/aromatic N) is 2. The van der Waals surface area contributed by atoms with Crippen LogP contribution in [0.2, 0.25) is 0 Å². The zero-order valence-electron chi connectivity index (χ0n) is 16.1. The largest absolute Gasteiger partial charge is 0.250 e. The quantitative estimate of drug-likeness (QED) is 0.139. The van der Waals surface area contributed by atoms with Crippen LogP contribution in [0.3, 0.4) is 0 Å². The molecule has 0 spiro atoms. The molecule has 2 heterocycles. The third-order valence-electron chi connectivity index (χ3n) is 3.21. The maximum Gasteiger partial charge on any atom is 0.241 e. The number of hydrogen-bond donors (Lipinski definition) is 0. The lowest BCUT2D eigenvalue weighted by Crippen LogP contribution is -1.92. The highest BCUT2D eigenvalue weighted by atomic mass is 79.9. The Bertz CT molecular complexity index is 938. The number of pyridine rings is 2. The molecule has 0 radical (unpaired) electrons. The van der Waals surface area contributed by atoms with E-state index in [1.807, 2.05) is 91.1 Å². The number of aromatic nitrogens is 2. The Morgan fingerprint density at radius 1 is 0.613 bits per heavy atom. The first-order chi connectivity index (χ1) is 14.9. The van der Waals surface area contributed by atoms with Gasteiger partial charge in [-0.2, -0.15) is 0 Å². The Morgan fingerprint density at radius 3 is 1.55 bits per heavy atom. The van der Waals surface area contributed by atoms with E-state index in [0.717, 1.165) is 14.5 Å². The number of benzene rings is 2. The molecule has 0 saturated heterocycles. The first-order valence-electron chi connectivity index (χ1n) is 8.93. The molecule has 0 aliphatic rings. The van der Waals surface area contributed by atoms with Crippen molar-refractivity contribution in [3.8, 4) is 0 Å². The molecule has 0 amide bonds. The van der Waals surface area contributed by atoms with Gasteiger partial charge in [0.25, 0.3) is 0 Å². The van der Waals surface area contributed by atoms with Crippen molar-refractivity contribution in [2.24, 2.45) is 0 Å². The molecule has 8 heteroatoms. The lowest BCUT2D eigenvalue weighted by Gasteiger charge is -2.08. The first kappa shape index (κ1) is 26.0. The summed E-state index contributed by atoms with van der Waals surface area (Å²) in [6.07, 6.45) is 3.55. The van der Waals surface area contributed by atoms with Gasteiger partial charge in [-0.05, 0) is 64.5 Å². The number of rotatable bonds is 3. The maximum atomic E-state index is 5.56. The maximum absolute atomic E-state index is 5.56. The van der Waals surface area contributed by atoms with Gasteiger partial charge < -0.3 is 0 Å². The predicted octanol–water partition coefficient (Wildman–Crippen LogP) is 9.18. The highest BCUT2D eigenvalue weighted by Crippen LogP contribution is 2.43. The average molecular weight is 573 g/mol. The Morgan fingerprint density at radius 2 is 1.13 bits per heavy atom. The van der Waals surface area contributed by atoms with E-state index >= 15 is 0 Å². The number of alkyl halides is 3. The van der Waals surface area contributed by atoms with Gasteiger partial charge >= 0.3 is 0 Å². The summed E-state index contributed by atoms with van der Waals surface area (Å²) < 4.78 is -0.378. The minimum atomic E-state index is -1.26. The molecule has 0 N–H and O–H groups in total. The van der Waals surface area contributed by atoms with Crippen molar-refractivity contribution in [1.29, 1.82) is 0 Å². The third-order valence-corrected chi connectivity index (χ3v) is 6.07. The van der Waals surface area contributed by atoms with Crippen molar-refractivity contribution in [2.45, 2.75) is 17.9 Å². The molecule has 2 nitrogen and oxygen atoms in total. The minimum Gasteiger partial charge on any atom is -0.250 e. The second-order valence-corrected chi connectivity index (χ2v) is 11.7. The van der Waals surface area contributed by atoms with Crippen molar-refractivity contribution in [2.75, 3.05) is 0 Å². The Kier molecular flexibility index (Phi) is 12.4. The van der Waals surface area contributed by atoms with Crippen LogP contribution in [-0.4, -0.2) is 13.1 Å². The average Bonchev–Trinajstić information content (AvgIpc) is 2.76. The van der Waals surface area contributed by atoms with Gasteiger partial charge in [0.05, 0.1) is 0 Å². The zero-order chi connectivity index (χ0) is 22.4. The van der Waals surface area contributed by atoms with Gasteiger partial charge in [0, 0.05) is 22.2 Å². The van der Waals surface area contributed by atoms with E-state index in [2.05, 4.69) is 38.0 Å². The van der Waals surface area contributed by atoms with Crippen LogP contribution in [0.15, 0.2) is 129 Å². The molecule has 2 aromatic carbocycles. The fourth-order valence-corrected chi connectivity index (χ4v) is 4.41. The van der Waals surface area contributed by atoms with E-state index in [9.17, 15) is 0 Å². The van der Waals surface area contributed by atoms with E-state index in [-0.39, 0.29) is 0 Å². The van der Waals surface area contributed by atoms with Gasteiger partial charge in [0.15, 0.2) is 0 Å². The monoisotopic (exact) mass is 570 g/mol. The molecule has 0 unspecified atom stereocenters. The van der Waals surface area contributed by atoms with Gasteiger partial charge in [-0.1, -0.05) is 107 Å². The Hall–Kier alpha value is -1.21. The zero-order valence-corrected chi connectivity index (χ0v) is 21.6. The fraction of sp³-hybridized carbons (Fsp3) is 0.0435. The molecule has 2 aromatic heterocycles. The van der Waals surface area contributed by atoms with Gasteiger partial charge in [-0.15, -0.1) is 0 Å². The normalized spacial score (nSPS) is 10.2. The summed E-state index contributed by atoms with van der Waals surface area (Å²) >= 11 is 22.8. The van der Waals surface area contributed by atoms with Crippen LogP contribution < -0.4 is 0 Å². The molecule has 0 aliphatic carbocycles. The van der Waals surface area contributed by atoms with Crippen molar-refractivity contribution in [1.82, 2.24) is 9.97 Å². The number of thioether (sulfide) groups is 1. The molecule has 0 bridgehead atoms. The summed E-state index contributed by atoms with van der Waals surface area (Å²) in [5, 5.41) is 1.04. The summed E-state index contributed by atoms with van der Waals surface area (Å²) in [5.41, 5.74) is 0. The third kappa shape index (κ3) is 13.1. The minimum absolute atomic E-state index is 0.884. The van der Waals surface area contributed by atoms with Crippen LogP contribution in [0.25, 0.3) is 0 Å². The van der Waals surface area contributed by atoms with Crippen LogP contribution in [-0.2, 0) is 0 Å². The Labute approximate surface area is 214 Å². The van der Waals surface area contributed by atoms with Crippen LogP contribution in [0.1, 0.15) is 0 Å². The van der Waals surface area contributed by atoms with Crippen LogP contribution in [0.4, 0.5) is 0 Å². The molecular weight excluding hydrogens is 555 g/mol. The smallest absolute Gasteiger partial charge is 0.241 e. The second-order valence-electron chi connectivity index (χ2n) is 5.60. The van der Waals surface area contributed by atoms with Crippen LogP contribution >= 0.6 is 74.3 Å². The topological polar surface area (TPSA) is 25.8 Å². The summed E-state index contributed by atoms with van der Waals surface area (Å²) in [5.74, 6) is 0. The molecule has 4 aromatic rings. The van der Waals surface area contributed by atoms with E-state index in [0.29, 0.717) is 0 Å². The van der Waals surface area contributed by atoms with Crippen LogP contribution in [0, 0.1) is 0 Å². The van der Waals surface area contributed by atoms with E-state index in [1.165, 1.54) is 16.7 Å². The number of halogens is 4. The molecule has 0 atom stereocenters. The SMILES string of the molecule is Brc1ccccn1.ClC(Cl)(Cl)Sc1ccccc1.c1ccc(Sc2ccccn2)cc1. The van der Waals surface area contributed by atoms with Gasteiger partial charge in [-0.25, -0.2) is 9.97 Å². The summed E-state index contributed by atoms with van der Waals surface area (Å²) in [7, 11) is 0. The van der Waals surface area contributed by atoms with Crippen LogP contribution in [0.5, 0.6) is 0 Å². The number of hydrogen-bond acceptors (Lipinski definition) is 4. The highest BCUT2D eigenvalue weighted by molar-refractivity contribution is 9.10. The molecular formula is C23H18BrCl3N2S2. The van der Waals surface area contributed by atoms with Gasteiger partial charge in [-0.3, -0.25) is 0 Å². The lowest BCUT2D eigenvalue weighted by molar-refractivity contribution is 1.13. The molecule has 0 aliphatic heterocycles. The fourth-order valence-electron chi connectivity index (χ4n) is 1.98. The van der Waals surface area contributed by atoms with E-state index in [4.69, 9.17) is 34.8 Å². The van der Waals surface area contributed by atoms with Crippen molar-refractivity contribution in [3.05, 3.63) is 114 Å². The standard InChI is InChI=1S/C11H9NS.C7H5Cl3S.C5H4BrN/c1-2-6-10(7-3-1)13-11-8-4-5-9-12-11;8-7(9,10)11-6-4-2-1-3-5-6;6-5-3-1-2-4-7-5/h1-9H;1-5H;1-4H. The van der Waals surface area contributed by atoms with Gasteiger partial charge in [0.1, 0.15) is 9.63 Å². The van der Waals surface area contributed by atoms with E-state index < -0.39 is 3.12 Å². The summed E-state index contributed by atoms with van der Waals surface area (Å²) in [4.78, 5) is 10.3. The van der Waals surface area contributed by atoms with E-state index in [1.54, 1.807) is 18.0 Å².